The van der Waals surface area contributed by atoms with Crippen molar-refractivity contribution in [3.63, 3.8) is 0 Å². The van der Waals surface area contributed by atoms with Crippen LogP contribution < -0.4 is 19.7 Å². The van der Waals surface area contributed by atoms with E-state index in [0.717, 1.165) is 16.7 Å². The van der Waals surface area contributed by atoms with Crippen LogP contribution in [0.15, 0.2) is 72.0 Å². The number of hydrogen-bond donors (Lipinski definition) is 1. The van der Waals surface area contributed by atoms with Gasteiger partial charge in [-0.3, -0.25) is 9.69 Å². The number of nitrogens with zero attached hydrogens (tertiary/aromatic N) is 5. The summed E-state index contributed by atoms with van der Waals surface area (Å²) in [6, 6.07) is 15.5. The van der Waals surface area contributed by atoms with Crippen LogP contribution in [0.2, 0.25) is 0 Å². The molecule has 0 unspecified atom stereocenters. The molecule has 1 N–H and O–H groups in total. The fourth-order valence-electron chi connectivity index (χ4n) is 4.41. The van der Waals surface area contributed by atoms with Crippen LogP contribution in [0.4, 0.5) is 23.7 Å². The number of methoxy groups -OCH3 is 1. The second kappa shape index (κ2) is 13.4. The Balaban J connectivity index is 1.20. The normalized spacial score (nSPS) is 14.2. The van der Waals surface area contributed by atoms with Gasteiger partial charge < -0.3 is 19.5 Å². The zero-order chi connectivity index (χ0) is 32.1. The third-order valence-corrected chi connectivity index (χ3v) is 7.38. The lowest BCUT2D eigenvalue weighted by Gasteiger charge is -2.20. The molecule has 0 spiro atoms. The van der Waals surface area contributed by atoms with Crippen LogP contribution in [0, 0.1) is 13.8 Å². The molecule has 2 heterocycles. The second-order valence-corrected chi connectivity index (χ2v) is 10.7. The minimum absolute atomic E-state index is 0.158. The first-order valence-corrected chi connectivity index (χ1v) is 14.4. The Kier molecular flexibility index (Phi) is 9.39. The van der Waals surface area contributed by atoms with E-state index >= 15 is 0 Å². The highest BCUT2D eigenvalue weighted by Crippen LogP contribution is 2.31. The number of ether oxygens (including phenoxy) is 3. The first-order chi connectivity index (χ1) is 21.5. The molecule has 3 amide bonds. The van der Waals surface area contributed by atoms with E-state index in [-0.39, 0.29) is 29.3 Å². The maximum atomic E-state index is 12.7. The maximum absolute atomic E-state index is 12.7. The number of carbonyl (C=O) groups excluding carboxylic acids is 2. The third kappa shape index (κ3) is 7.80. The van der Waals surface area contributed by atoms with Gasteiger partial charge >= 0.3 is 12.4 Å². The number of carbonyl (C=O) groups is 2. The highest BCUT2D eigenvalue weighted by molar-refractivity contribution is 8.15. The highest BCUT2D eigenvalue weighted by atomic mass is 32.2. The zero-order valence-corrected chi connectivity index (χ0v) is 25.1. The standard InChI is InChI=1S/C30H27F3N6O5S/c1-18-4-5-21(14-42-3)24(12-18)39-26(40)15-45-29(39)36-28(41)35-17-43-25-11-6-20(13-19(25)2)27-34-16-38(37-27)22-7-9-23(10-8-22)44-30(31,32)33/h4-13,16H,14-15,17H2,1-3H3,(H,35,41). The number of aryl methyl sites for hydroxylation is 2. The maximum Gasteiger partial charge on any atom is 0.573 e. The Morgan fingerprint density at radius 2 is 1.87 bits per heavy atom. The Morgan fingerprint density at radius 1 is 1.09 bits per heavy atom. The summed E-state index contributed by atoms with van der Waals surface area (Å²) in [5, 5.41) is 7.25. The summed E-state index contributed by atoms with van der Waals surface area (Å²) in [6.45, 7) is 3.85. The van der Waals surface area contributed by atoms with Crippen molar-refractivity contribution in [2.45, 2.75) is 26.8 Å². The van der Waals surface area contributed by atoms with Gasteiger partial charge in [-0.2, -0.15) is 4.99 Å². The Morgan fingerprint density at radius 3 is 2.58 bits per heavy atom. The summed E-state index contributed by atoms with van der Waals surface area (Å²) in [4.78, 5) is 35.2. The Labute approximate surface area is 260 Å². The number of alkyl halides is 3. The van der Waals surface area contributed by atoms with Crippen molar-refractivity contribution in [1.29, 1.82) is 0 Å². The monoisotopic (exact) mass is 640 g/mol. The lowest BCUT2D eigenvalue weighted by atomic mass is 10.1. The van der Waals surface area contributed by atoms with E-state index in [4.69, 9.17) is 9.47 Å². The lowest BCUT2D eigenvalue weighted by Crippen LogP contribution is -2.33. The van der Waals surface area contributed by atoms with Crippen LogP contribution in [-0.4, -0.2) is 57.8 Å². The van der Waals surface area contributed by atoms with E-state index in [1.807, 2.05) is 32.0 Å². The van der Waals surface area contributed by atoms with Gasteiger partial charge in [0.1, 0.15) is 17.8 Å². The summed E-state index contributed by atoms with van der Waals surface area (Å²) in [7, 11) is 1.57. The van der Waals surface area contributed by atoms with Gasteiger partial charge in [-0.15, -0.1) is 18.3 Å². The molecule has 4 aromatic rings. The SMILES string of the molecule is COCc1ccc(C)cc1N1C(=O)CSC1=NC(=O)NCOc1ccc(-c2ncn(-c3ccc(OC(F)(F)F)cc3)n2)cc1C. The van der Waals surface area contributed by atoms with Crippen molar-refractivity contribution in [3.8, 4) is 28.6 Å². The molecule has 1 aliphatic heterocycles. The van der Waals surface area contributed by atoms with Gasteiger partial charge in [0, 0.05) is 18.2 Å². The summed E-state index contributed by atoms with van der Waals surface area (Å²) in [5.74, 6) is 0.524. The van der Waals surface area contributed by atoms with E-state index in [2.05, 4.69) is 25.1 Å². The molecule has 45 heavy (non-hydrogen) atoms. The van der Waals surface area contributed by atoms with Gasteiger partial charge in [0.2, 0.25) is 5.91 Å². The second-order valence-electron chi connectivity index (χ2n) is 9.78. The number of amides is 3. The van der Waals surface area contributed by atoms with E-state index < -0.39 is 12.4 Å². The number of urea groups is 1. The molecule has 0 aliphatic carbocycles. The Hall–Kier alpha value is -4.89. The van der Waals surface area contributed by atoms with Crippen molar-refractivity contribution >= 4 is 34.6 Å². The molecular formula is C30H27F3N6O5S. The molecule has 15 heteroatoms. The van der Waals surface area contributed by atoms with Crippen LogP contribution in [0.25, 0.3) is 17.1 Å². The van der Waals surface area contributed by atoms with Crippen molar-refractivity contribution in [3.05, 3.63) is 83.7 Å². The fraction of sp³-hybridized carbons (Fsp3) is 0.233. The number of nitrogens with one attached hydrogen (secondary N) is 1. The van der Waals surface area contributed by atoms with E-state index in [9.17, 15) is 22.8 Å². The van der Waals surface area contributed by atoms with Gasteiger partial charge in [-0.1, -0.05) is 23.9 Å². The van der Waals surface area contributed by atoms with Gasteiger partial charge in [0.15, 0.2) is 17.7 Å². The number of amidine groups is 1. The minimum Gasteiger partial charge on any atom is -0.473 e. The number of aliphatic imine (C=N–C) groups is 1. The minimum atomic E-state index is -4.77. The topological polar surface area (TPSA) is 120 Å². The first kappa shape index (κ1) is 31.5. The van der Waals surface area contributed by atoms with Gasteiger partial charge in [0.25, 0.3) is 0 Å². The first-order valence-electron chi connectivity index (χ1n) is 13.4. The number of halogens is 3. The molecule has 3 aromatic carbocycles. The number of benzene rings is 3. The molecule has 0 radical (unpaired) electrons. The predicted octanol–water partition coefficient (Wildman–Crippen LogP) is 5.78. The number of thioether (sulfide) groups is 1. The van der Waals surface area contributed by atoms with Gasteiger partial charge in [0.05, 0.1) is 23.7 Å². The molecular weight excluding hydrogens is 613 g/mol. The summed E-state index contributed by atoms with van der Waals surface area (Å²) in [5.41, 5.74) is 4.29. The average molecular weight is 641 g/mol. The van der Waals surface area contributed by atoms with Crippen molar-refractivity contribution in [2.24, 2.45) is 4.99 Å². The highest BCUT2D eigenvalue weighted by Gasteiger charge is 2.32. The number of aromatic nitrogens is 3. The molecule has 0 saturated carbocycles. The smallest absolute Gasteiger partial charge is 0.473 e. The molecule has 11 nitrogen and oxygen atoms in total. The Bertz CT molecular complexity index is 1740. The van der Waals surface area contributed by atoms with Crippen LogP contribution in [-0.2, 0) is 16.1 Å². The summed E-state index contributed by atoms with van der Waals surface area (Å²) >= 11 is 1.17. The molecule has 1 aliphatic rings. The average Bonchev–Trinajstić information content (AvgIpc) is 3.62. The van der Waals surface area contributed by atoms with Crippen molar-refractivity contribution in [1.82, 2.24) is 20.1 Å². The van der Waals surface area contributed by atoms with Gasteiger partial charge in [-0.05, 0) is 73.5 Å². The molecule has 0 atom stereocenters. The van der Waals surface area contributed by atoms with Crippen molar-refractivity contribution < 1.29 is 37.0 Å². The molecule has 234 valence electrons. The number of hydrogen-bond acceptors (Lipinski definition) is 8. The molecule has 1 fully saturated rings. The van der Waals surface area contributed by atoms with Crippen LogP contribution >= 0.6 is 11.8 Å². The van der Waals surface area contributed by atoms with Crippen molar-refractivity contribution in [2.75, 3.05) is 24.5 Å². The largest absolute Gasteiger partial charge is 0.573 e. The quantitative estimate of drug-likeness (QED) is 0.229. The molecule has 1 saturated heterocycles. The molecule has 5 rings (SSSR count). The number of rotatable bonds is 9. The lowest BCUT2D eigenvalue weighted by molar-refractivity contribution is -0.274. The van der Waals surface area contributed by atoms with Crippen LogP contribution in [0.5, 0.6) is 11.5 Å². The predicted molar refractivity (Wildman–Crippen MR) is 162 cm³/mol. The van der Waals surface area contributed by atoms with E-state index in [1.165, 1.54) is 51.9 Å². The molecule has 0 bridgehead atoms. The van der Waals surface area contributed by atoms with Crippen LogP contribution in [0.1, 0.15) is 16.7 Å². The fourth-order valence-corrected chi connectivity index (χ4v) is 5.27. The van der Waals surface area contributed by atoms with E-state index in [1.54, 1.807) is 25.3 Å². The number of anilines is 1. The zero-order valence-electron chi connectivity index (χ0n) is 24.3. The van der Waals surface area contributed by atoms with Crippen LogP contribution in [0.3, 0.4) is 0 Å². The van der Waals surface area contributed by atoms with E-state index in [0.29, 0.717) is 35.1 Å². The summed E-state index contributed by atoms with van der Waals surface area (Å²) < 4.78 is 53.6. The van der Waals surface area contributed by atoms with Gasteiger partial charge in [-0.25, -0.2) is 14.5 Å². The molecule has 1 aromatic heterocycles. The third-order valence-electron chi connectivity index (χ3n) is 6.46. The summed E-state index contributed by atoms with van der Waals surface area (Å²) in [6.07, 6.45) is -3.33.